The number of carboxylic acids is 1. The van der Waals surface area contributed by atoms with Gasteiger partial charge in [0.15, 0.2) is 5.78 Å². The average Bonchev–Trinajstić information content (AvgIpc) is 2.87. The summed E-state index contributed by atoms with van der Waals surface area (Å²) in [5, 5.41) is 11.5. The largest absolute Gasteiger partial charge is 0.548 e. The molecular formula is C19H13ClNO5-. The summed E-state index contributed by atoms with van der Waals surface area (Å²) in [6, 6.07) is 13.3. The van der Waals surface area contributed by atoms with Crippen molar-refractivity contribution in [3.63, 3.8) is 0 Å². The standard InChI is InChI=1S/C19H14ClNO5/c20-13-8-6-12(7-9-13)17(24)15-16(11-4-2-1-3-5-11)21(10-14(22)23)19(26)18(15)25/h1-9,15-16H,10H2,(H,22,23)/p-1. The lowest BCUT2D eigenvalue weighted by molar-refractivity contribution is -0.306. The minimum atomic E-state index is -1.51. The van der Waals surface area contributed by atoms with E-state index < -0.39 is 41.9 Å². The Hall–Kier alpha value is -2.99. The second-order valence-corrected chi connectivity index (χ2v) is 6.31. The summed E-state index contributed by atoms with van der Waals surface area (Å²) >= 11 is 5.82. The number of Topliss-reactive ketones (excluding diaryl/α,β-unsaturated/α-hetero) is 2. The Morgan fingerprint density at radius 1 is 1.00 bits per heavy atom. The lowest BCUT2D eigenvalue weighted by Gasteiger charge is -2.27. The normalized spacial score (nSPS) is 19.7. The smallest absolute Gasteiger partial charge is 0.291 e. The fraction of sp³-hybridized carbons (Fsp3) is 0.158. The molecule has 0 bridgehead atoms. The zero-order valence-electron chi connectivity index (χ0n) is 13.4. The number of carbonyl (C=O) groups is 4. The molecule has 2 atom stereocenters. The van der Waals surface area contributed by atoms with Crippen molar-refractivity contribution in [2.75, 3.05) is 6.54 Å². The molecule has 0 saturated carbocycles. The Morgan fingerprint density at radius 3 is 2.19 bits per heavy atom. The van der Waals surface area contributed by atoms with Gasteiger partial charge in [0.05, 0.1) is 18.6 Å². The molecule has 1 heterocycles. The molecule has 0 aliphatic carbocycles. The first-order valence-corrected chi connectivity index (χ1v) is 8.17. The van der Waals surface area contributed by atoms with E-state index in [-0.39, 0.29) is 5.56 Å². The van der Waals surface area contributed by atoms with Gasteiger partial charge in [-0.2, -0.15) is 0 Å². The predicted octanol–water partition coefficient (Wildman–Crippen LogP) is 1.04. The molecule has 6 nitrogen and oxygen atoms in total. The van der Waals surface area contributed by atoms with Crippen molar-refractivity contribution in [2.24, 2.45) is 5.92 Å². The highest BCUT2D eigenvalue weighted by atomic mass is 35.5. The van der Waals surface area contributed by atoms with Crippen LogP contribution in [0.25, 0.3) is 0 Å². The molecule has 3 rings (SSSR count). The second kappa shape index (κ2) is 7.09. The van der Waals surface area contributed by atoms with Crippen LogP contribution in [0, 0.1) is 5.92 Å². The highest BCUT2D eigenvalue weighted by Gasteiger charge is 2.51. The van der Waals surface area contributed by atoms with Crippen LogP contribution in [0.1, 0.15) is 22.0 Å². The van der Waals surface area contributed by atoms with Gasteiger partial charge < -0.3 is 14.8 Å². The molecule has 7 heteroatoms. The quantitative estimate of drug-likeness (QED) is 0.445. The van der Waals surface area contributed by atoms with Crippen molar-refractivity contribution in [1.82, 2.24) is 4.90 Å². The molecule has 0 radical (unpaired) electrons. The van der Waals surface area contributed by atoms with Crippen molar-refractivity contribution in [2.45, 2.75) is 6.04 Å². The molecular weight excluding hydrogens is 358 g/mol. The number of likely N-dealkylation sites (tertiary alicyclic amines) is 1. The van der Waals surface area contributed by atoms with Crippen molar-refractivity contribution in [1.29, 1.82) is 0 Å². The molecule has 2 aromatic carbocycles. The van der Waals surface area contributed by atoms with E-state index in [1.807, 2.05) is 0 Å². The summed E-state index contributed by atoms with van der Waals surface area (Å²) in [5.74, 6) is -5.33. The van der Waals surface area contributed by atoms with E-state index in [9.17, 15) is 24.3 Å². The second-order valence-electron chi connectivity index (χ2n) is 5.87. The zero-order chi connectivity index (χ0) is 18.8. The summed E-state index contributed by atoms with van der Waals surface area (Å²) in [7, 11) is 0. The first kappa shape index (κ1) is 17.8. The maximum Gasteiger partial charge on any atom is 0.291 e. The van der Waals surface area contributed by atoms with E-state index in [1.165, 1.54) is 24.3 Å². The highest BCUT2D eigenvalue weighted by molar-refractivity contribution is 6.44. The Bertz CT molecular complexity index is 879. The van der Waals surface area contributed by atoms with Gasteiger partial charge >= 0.3 is 0 Å². The van der Waals surface area contributed by atoms with E-state index in [0.29, 0.717) is 10.6 Å². The summed E-state index contributed by atoms with van der Waals surface area (Å²) in [4.78, 5) is 49.7. The van der Waals surface area contributed by atoms with Crippen molar-refractivity contribution < 1.29 is 24.3 Å². The van der Waals surface area contributed by atoms with E-state index in [0.717, 1.165) is 4.90 Å². The number of benzene rings is 2. The molecule has 2 unspecified atom stereocenters. The summed E-state index contributed by atoms with van der Waals surface area (Å²) in [6.45, 7) is -0.769. The van der Waals surface area contributed by atoms with Gasteiger partial charge in [-0.15, -0.1) is 0 Å². The molecule has 1 saturated heterocycles. The zero-order valence-corrected chi connectivity index (χ0v) is 14.2. The predicted molar refractivity (Wildman–Crippen MR) is 90.2 cm³/mol. The minimum Gasteiger partial charge on any atom is -0.548 e. The van der Waals surface area contributed by atoms with E-state index in [1.54, 1.807) is 30.3 Å². The van der Waals surface area contributed by atoms with Crippen LogP contribution >= 0.6 is 11.6 Å². The number of aliphatic carboxylic acids is 1. The molecule has 0 aromatic heterocycles. The van der Waals surface area contributed by atoms with Crippen molar-refractivity contribution in [3.8, 4) is 0 Å². The molecule has 0 N–H and O–H groups in total. The van der Waals surface area contributed by atoms with Gasteiger partial charge in [-0.1, -0.05) is 41.9 Å². The molecule has 132 valence electrons. The Balaban J connectivity index is 2.06. The number of nitrogens with zero attached hydrogens (tertiary/aromatic N) is 1. The average molecular weight is 371 g/mol. The van der Waals surface area contributed by atoms with Crippen molar-refractivity contribution in [3.05, 3.63) is 70.7 Å². The number of amides is 1. The van der Waals surface area contributed by atoms with Gasteiger partial charge in [-0.05, 0) is 29.8 Å². The lowest BCUT2D eigenvalue weighted by atomic mass is 9.86. The Kier molecular flexibility index (Phi) is 4.86. The number of hydrogen-bond acceptors (Lipinski definition) is 5. The van der Waals surface area contributed by atoms with Gasteiger partial charge in [0.2, 0.25) is 5.78 Å². The third-order valence-electron chi connectivity index (χ3n) is 4.26. The lowest BCUT2D eigenvalue weighted by Crippen LogP contribution is -2.41. The number of hydrogen-bond donors (Lipinski definition) is 0. The summed E-state index contributed by atoms with van der Waals surface area (Å²) < 4.78 is 0. The summed E-state index contributed by atoms with van der Waals surface area (Å²) in [5.41, 5.74) is 0.719. The third-order valence-corrected chi connectivity index (χ3v) is 4.51. The third kappa shape index (κ3) is 3.23. The fourth-order valence-corrected chi connectivity index (χ4v) is 3.24. The fourth-order valence-electron chi connectivity index (χ4n) is 3.11. The van der Waals surface area contributed by atoms with Crippen LogP contribution in [0.2, 0.25) is 5.02 Å². The van der Waals surface area contributed by atoms with Gasteiger partial charge in [0, 0.05) is 10.6 Å². The van der Waals surface area contributed by atoms with Gasteiger partial charge in [0.1, 0.15) is 5.92 Å². The Morgan fingerprint density at radius 2 is 1.62 bits per heavy atom. The number of carboxylic acid groups (broad SMARTS) is 1. The first-order valence-electron chi connectivity index (χ1n) is 7.79. The van der Waals surface area contributed by atoms with Crippen LogP contribution in [-0.4, -0.2) is 34.9 Å². The van der Waals surface area contributed by atoms with E-state index in [2.05, 4.69) is 0 Å². The van der Waals surface area contributed by atoms with Crippen LogP contribution in [0.3, 0.4) is 0 Å². The first-order chi connectivity index (χ1) is 12.4. The van der Waals surface area contributed by atoms with Gasteiger partial charge in [0.25, 0.3) is 5.91 Å². The molecule has 1 amide bonds. The Labute approximate surface area is 154 Å². The number of carbonyl (C=O) groups excluding carboxylic acids is 4. The molecule has 2 aromatic rings. The number of ketones is 2. The minimum absolute atomic E-state index is 0.219. The van der Waals surface area contributed by atoms with Crippen LogP contribution in [0.5, 0.6) is 0 Å². The van der Waals surface area contributed by atoms with Crippen LogP contribution in [-0.2, 0) is 14.4 Å². The van der Waals surface area contributed by atoms with Gasteiger partial charge in [-0.3, -0.25) is 14.4 Å². The molecule has 1 aliphatic heterocycles. The van der Waals surface area contributed by atoms with Crippen LogP contribution in [0.15, 0.2) is 54.6 Å². The number of rotatable bonds is 5. The molecule has 1 fully saturated rings. The van der Waals surface area contributed by atoms with Gasteiger partial charge in [-0.25, -0.2) is 0 Å². The number of halogens is 1. The summed E-state index contributed by atoms with van der Waals surface area (Å²) in [6.07, 6.45) is 0. The van der Waals surface area contributed by atoms with Crippen LogP contribution < -0.4 is 5.11 Å². The van der Waals surface area contributed by atoms with Crippen molar-refractivity contribution >= 4 is 35.0 Å². The topological polar surface area (TPSA) is 94.6 Å². The monoisotopic (exact) mass is 370 g/mol. The molecule has 1 aliphatic rings. The molecule has 26 heavy (non-hydrogen) atoms. The van der Waals surface area contributed by atoms with Crippen LogP contribution in [0.4, 0.5) is 0 Å². The molecule has 0 spiro atoms. The maximum absolute atomic E-state index is 12.9. The van der Waals surface area contributed by atoms with E-state index in [4.69, 9.17) is 11.6 Å². The van der Waals surface area contributed by atoms with E-state index >= 15 is 0 Å². The SMILES string of the molecule is O=C([O-])CN1C(=O)C(=O)C(C(=O)c2ccc(Cl)cc2)C1c1ccccc1. The highest BCUT2D eigenvalue weighted by Crippen LogP contribution is 2.37. The maximum atomic E-state index is 12.9.